The average molecular weight is 286 g/mol. The first-order valence-corrected chi connectivity index (χ1v) is 7.85. The lowest BCUT2D eigenvalue weighted by Gasteiger charge is -2.14. The van der Waals surface area contributed by atoms with Gasteiger partial charge in [-0.25, -0.2) is 4.79 Å². The van der Waals surface area contributed by atoms with E-state index in [1.807, 2.05) is 12.1 Å². The monoisotopic (exact) mass is 286 g/mol. The van der Waals surface area contributed by atoms with Crippen LogP contribution in [0.25, 0.3) is 0 Å². The van der Waals surface area contributed by atoms with Gasteiger partial charge in [0.1, 0.15) is 0 Å². The number of aryl methyl sites for hydroxylation is 1. The maximum absolute atomic E-state index is 11.9. The molecular formula is C16H18N2OS. The van der Waals surface area contributed by atoms with Crippen LogP contribution in [-0.2, 0) is 12.8 Å². The molecule has 2 N–H and O–H groups in total. The first-order valence-electron chi connectivity index (χ1n) is 6.97. The van der Waals surface area contributed by atoms with E-state index in [1.165, 1.54) is 16.0 Å². The predicted molar refractivity (Wildman–Crippen MR) is 82.1 cm³/mol. The molecule has 4 heteroatoms. The third-order valence-electron chi connectivity index (χ3n) is 3.68. The molecule has 1 heterocycles. The van der Waals surface area contributed by atoms with Crippen LogP contribution < -0.4 is 10.6 Å². The van der Waals surface area contributed by atoms with Crippen LogP contribution in [0.1, 0.15) is 28.5 Å². The minimum absolute atomic E-state index is 0.0664. The normalized spacial score (nSPS) is 16.7. The van der Waals surface area contributed by atoms with Crippen molar-refractivity contribution in [2.45, 2.75) is 25.3 Å². The van der Waals surface area contributed by atoms with Crippen molar-refractivity contribution in [3.05, 3.63) is 57.8 Å². The minimum atomic E-state index is -0.0664. The van der Waals surface area contributed by atoms with E-state index >= 15 is 0 Å². The summed E-state index contributed by atoms with van der Waals surface area (Å²) in [5.74, 6) is 0. The standard InChI is InChI=1S/C16H18N2OS/c19-16(17-10-9-13-5-3-11-20-13)18-15-8-7-12-4-1-2-6-14(12)15/h1-6,11,15H,7-10H2,(H2,17,18,19). The molecule has 2 amide bonds. The molecule has 1 aliphatic carbocycles. The zero-order valence-corrected chi connectivity index (χ0v) is 12.1. The Morgan fingerprint density at radius 1 is 1.25 bits per heavy atom. The van der Waals surface area contributed by atoms with Gasteiger partial charge in [0.05, 0.1) is 6.04 Å². The molecule has 1 unspecified atom stereocenters. The number of hydrogen-bond donors (Lipinski definition) is 2. The molecule has 2 aromatic rings. The predicted octanol–water partition coefficient (Wildman–Crippen LogP) is 3.28. The summed E-state index contributed by atoms with van der Waals surface area (Å²) in [5, 5.41) is 8.06. The van der Waals surface area contributed by atoms with Gasteiger partial charge in [0, 0.05) is 11.4 Å². The summed E-state index contributed by atoms with van der Waals surface area (Å²) in [5.41, 5.74) is 2.62. The highest BCUT2D eigenvalue weighted by Gasteiger charge is 2.22. The lowest BCUT2D eigenvalue weighted by atomic mass is 10.1. The van der Waals surface area contributed by atoms with Gasteiger partial charge in [0.2, 0.25) is 0 Å². The third-order valence-corrected chi connectivity index (χ3v) is 4.61. The van der Waals surface area contributed by atoms with Crippen LogP contribution in [0.2, 0.25) is 0 Å². The van der Waals surface area contributed by atoms with Gasteiger partial charge < -0.3 is 10.6 Å². The molecule has 1 aromatic carbocycles. The Hall–Kier alpha value is -1.81. The summed E-state index contributed by atoms with van der Waals surface area (Å²) in [6.07, 6.45) is 2.94. The zero-order valence-electron chi connectivity index (χ0n) is 11.3. The fourth-order valence-corrected chi connectivity index (χ4v) is 3.38. The number of thiophene rings is 1. The summed E-state index contributed by atoms with van der Waals surface area (Å²) in [6.45, 7) is 0.681. The van der Waals surface area contributed by atoms with E-state index in [9.17, 15) is 4.79 Å². The van der Waals surface area contributed by atoms with Crippen LogP contribution in [-0.4, -0.2) is 12.6 Å². The molecule has 3 nitrogen and oxygen atoms in total. The number of carbonyl (C=O) groups excluding carboxylic acids is 1. The topological polar surface area (TPSA) is 41.1 Å². The van der Waals surface area contributed by atoms with Crippen molar-refractivity contribution in [1.82, 2.24) is 10.6 Å². The van der Waals surface area contributed by atoms with E-state index in [0.717, 1.165) is 19.3 Å². The quantitative estimate of drug-likeness (QED) is 0.890. The van der Waals surface area contributed by atoms with Crippen molar-refractivity contribution in [3.63, 3.8) is 0 Å². The SMILES string of the molecule is O=C(NCCc1cccs1)NC1CCc2ccccc21. The first-order chi connectivity index (χ1) is 9.83. The fourth-order valence-electron chi connectivity index (χ4n) is 2.67. The second kappa shape index (κ2) is 6.09. The maximum atomic E-state index is 11.9. The Morgan fingerprint density at radius 3 is 3.00 bits per heavy atom. The van der Waals surface area contributed by atoms with Crippen LogP contribution in [0.3, 0.4) is 0 Å². The van der Waals surface area contributed by atoms with Gasteiger partial charge in [-0.3, -0.25) is 0 Å². The molecule has 20 heavy (non-hydrogen) atoms. The highest BCUT2D eigenvalue weighted by atomic mass is 32.1. The van der Waals surface area contributed by atoms with E-state index in [-0.39, 0.29) is 12.1 Å². The van der Waals surface area contributed by atoms with Gasteiger partial charge in [0.25, 0.3) is 0 Å². The fraction of sp³-hybridized carbons (Fsp3) is 0.312. The summed E-state index contributed by atoms with van der Waals surface area (Å²) in [4.78, 5) is 13.2. The smallest absolute Gasteiger partial charge is 0.315 e. The van der Waals surface area contributed by atoms with Crippen molar-refractivity contribution >= 4 is 17.4 Å². The Balaban J connectivity index is 1.48. The number of hydrogen-bond acceptors (Lipinski definition) is 2. The van der Waals surface area contributed by atoms with Crippen LogP contribution in [0.5, 0.6) is 0 Å². The number of rotatable bonds is 4. The Kier molecular flexibility index (Phi) is 4.02. The molecule has 0 fully saturated rings. The Morgan fingerprint density at radius 2 is 2.15 bits per heavy atom. The minimum Gasteiger partial charge on any atom is -0.338 e. The number of carbonyl (C=O) groups is 1. The summed E-state index contributed by atoms with van der Waals surface area (Å²) >= 11 is 1.73. The van der Waals surface area contributed by atoms with Gasteiger partial charge in [0.15, 0.2) is 0 Å². The molecule has 104 valence electrons. The van der Waals surface area contributed by atoms with E-state index in [1.54, 1.807) is 11.3 Å². The molecule has 1 aliphatic rings. The Labute approximate surface area is 123 Å². The highest BCUT2D eigenvalue weighted by molar-refractivity contribution is 7.09. The van der Waals surface area contributed by atoms with Crippen LogP contribution in [0.15, 0.2) is 41.8 Å². The van der Waals surface area contributed by atoms with Crippen molar-refractivity contribution in [3.8, 4) is 0 Å². The van der Waals surface area contributed by atoms with Gasteiger partial charge in [-0.2, -0.15) is 0 Å². The van der Waals surface area contributed by atoms with E-state index in [4.69, 9.17) is 0 Å². The molecule has 0 bridgehead atoms. The van der Waals surface area contributed by atoms with Gasteiger partial charge in [-0.15, -0.1) is 11.3 Å². The lowest BCUT2D eigenvalue weighted by molar-refractivity contribution is 0.237. The summed E-state index contributed by atoms with van der Waals surface area (Å²) in [7, 11) is 0. The Bertz CT molecular complexity index is 580. The highest BCUT2D eigenvalue weighted by Crippen LogP contribution is 2.30. The van der Waals surface area contributed by atoms with E-state index in [2.05, 4.69) is 40.3 Å². The van der Waals surface area contributed by atoms with Crippen LogP contribution >= 0.6 is 11.3 Å². The molecule has 0 spiro atoms. The maximum Gasteiger partial charge on any atom is 0.315 e. The van der Waals surface area contributed by atoms with E-state index in [0.29, 0.717) is 6.54 Å². The van der Waals surface area contributed by atoms with Gasteiger partial charge >= 0.3 is 6.03 Å². The van der Waals surface area contributed by atoms with Crippen molar-refractivity contribution in [2.24, 2.45) is 0 Å². The van der Waals surface area contributed by atoms with Crippen LogP contribution in [0, 0.1) is 0 Å². The largest absolute Gasteiger partial charge is 0.338 e. The van der Waals surface area contributed by atoms with Crippen molar-refractivity contribution < 1.29 is 4.79 Å². The number of benzene rings is 1. The molecule has 1 atom stereocenters. The second-order valence-electron chi connectivity index (χ2n) is 5.02. The zero-order chi connectivity index (χ0) is 13.8. The van der Waals surface area contributed by atoms with Gasteiger partial charge in [-0.05, 0) is 41.8 Å². The molecule has 0 saturated carbocycles. The molecule has 0 aliphatic heterocycles. The third kappa shape index (κ3) is 3.02. The van der Waals surface area contributed by atoms with E-state index < -0.39 is 0 Å². The number of nitrogens with one attached hydrogen (secondary N) is 2. The molecule has 0 radical (unpaired) electrons. The van der Waals surface area contributed by atoms with Crippen molar-refractivity contribution in [2.75, 3.05) is 6.54 Å². The molecular weight excluding hydrogens is 268 g/mol. The molecule has 0 saturated heterocycles. The van der Waals surface area contributed by atoms with Gasteiger partial charge in [-0.1, -0.05) is 30.3 Å². The first kappa shape index (κ1) is 13.2. The lowest BCUT2D eigenvalue weighted by Crippen LogP contribution is -2.38. The number of urea groups is 1. The number of amides is 2. The van der Waals surface area contributed by atoms with Crippen molar-refractivity contribution in [1.29, 1.82) is 0 Å². The summed E-state index contributed by atoms with van der Waals surface area (Å²) < 4.78 is 0. The average Bonchev–Trinajstić information content (AvgIpc) is 3.09. The summed E-state index contributed by atoms with van der Waals surface area (Å²) in [6, 6.07) is 12.6. The van der Waals surface area contributed by atoms with Crippen LogP contribution in [0.4, 0.5) is 4.79 Å². The number of fused-ring (bicyclic) bond motifs is 1. The second-order valence-corrected chi connectivity index (χ2v) is 6.05. The molecule has 1 aromatic heterocycles. The molecule has 3 rings (SSSR count).